The zero-order valence-corrected chi connectivity index (χ0v) is 12.9. The number of amides is 2. The standard InChI is InChI=1S/C17H16N4O3/c1-12(19-20-16(22)13-8-4-2-5-9-13)15(21-24)17(23)18-14-10-6-3-7-11-14/h2-11,24H,1H3,(H,18,23)(H,20,22)/b19-12-,21-15+. The predicted octanol–water partition coefficient (Wildman–Crippen LogP) is 2.26. The lowest BCUT2D eigenvalue weighted by Crippen LogP contribution is -2.31. The van der Waals surface area contributed by atoms with E-state index in [-0.39, 0.29) is 11.4 Å². The van der Waals surface area contributed by atoms with Gasteiger partial charge in [0.25, 0.3) is 11.8 Å². The van der Waals surface area contributed by atoms with Crippen molar-refractivity contribution in [2.75, 3.05) is 5.32 Å². The molecule has 0 unspecified atom stereocenters. The Morgan fingerprint density at radius 2 is 1.54 bits per heavy atom. The molecule has 0 aliphatic heterocycles. The highest BCUT2D eigenvalue weighted by Crippen LogP contribution is 2.05. The zero-order valence-electron chi connectivity index (χ0n) is 12.9. The topological polar surface area (TPSA) is 103 Å². The van der Waals surface area contributed by atoms with Crippen molar-refractivity contribution < 1.29 is 14.8 Å². The maximum absolute atomic E-state index is 12.1. The highest BCUT2D eigenvalue weighted by atomic mass is 16.4. The minimum Gasteiger partial charge on any atom is -0.410 e. The predicted molar refractivity (Wildman–Crippen MR) is 91.3 cm³/mol. The van der Waals surface area contributed by atoms with Crippen molar-refractivity contribution >= 4 is 28.9 Å². The number of hydrogen-bond acceptors (Lipinski definition) is 5. The third-order valence-corrected chi connectivity index (χ3v) is 3.05. The van der Waals surface area contributed by atoms with Gasteiger partial charge >= 0.3 is 0 Å². The van der Waals surface area contributed by atoms with Crippen LogP contribution in [-0.2, 0) is 4.79 Å². The normalized spacial score (nSPS) is 11.7. The van der Waals surface area contributed by atoms with E-state index in [0.29, 0.717) is 11.3 Å². The Labute approximate surface area is 138 Å². The van der Waals surface area contributed by atoms with Crippen LogP contribution in [-0.4, -0.2) is 28.4 Å². The molecule has 2 aromatic rings. The van der Waals surface area contributed by atoms with E-state index in [1.165, 1.54) is 6.92 Å². The van der Waals surface area contributed by atoms with Gasteiger partial charge in [0.1, 0.15) is 0 Å². The molecule has 0 aromatic heterocycles. The molecule has 0 fully saturated rings. The van der Waals surface area contributed by atoms with Gasteiger partial charge < -0.3 is 10.5 Å². The summed E-state index contributed by atoms with van der Waals surface area (Å²) >= 11 is 0. The summed E-state index contributed by atoms with van der Waals surface area (Å²) in [5.41, 5.74) is 3.04. The van der Waals surface area contributed by atoms with E-state index in [4.69, 9.17) is 5.21 Å². The van der Waals surface area contributed by atoms with E-state index >= 15 is 0 Å². The summed E-state index contributed by atoms with van der Waals surface area (Å²) in [5.74, 6) is -1.07. The lowest BCUT2D eigenvalue weighted by molar-refractivity contribution is -0.110. The van der Waals surface area contributed by atoms with Crippen LogP contribution in [0.15, 0.2) is 70.9 Å². The summed E-state index contributed by atoms with van der Waals surface area (Å²) in [5, 5.41) is 18.4. The number of anilines is 1. The third kappa shape index (κ3) is 4.51. The van der Waals surface area contributed by atoms with Gasteiger partial charge in [0, 0.05) is 11.3 Å². The van der Waals surface area contributed by atoms with Crippen LogP contribution >= 0.6 is 0 Å². The van der Waals surface area contributed by atoms with Crippen LogP contribution in [0, 0.1) is 0 Å². The van der Waals surface area contributed by atoms with Crippen LogP contribution in [0.2, 0.25) is 0 Å². The van der Waals surface area contributed by atoms with Gasteiger partial charge in [-0.15, -0.1) is 0 Å². The Morgan fingerprint density at radius 1 is 0.958 bits per heavy atom. The first-order chi connectivity index (χ1) is 11.6. The number of hydrogen-bond donors (Lipinski definition) is 3. The van der Waals surface area contributed by atoms with E-state index in [1.54, 1.807) is 54.6 Å². The highest BCUT2D eigenvalue weighted by molar-refractivity contribution is 6.68. The summed E-state index contributed by atoms with van der Waals surface area (Å²) in [6.07, 6.45) is 0. The Kier molecular flexibility index (Phi) is 5.79. The van der Waals surface area contributed by atoms with Crippen molar-refractivity contribution in [2.45, 2.75) is 6.92 Å². The number of para-hydroxylation sites is 1. The maximum atomic E-state index is 12.1. The minimum absolute atomic E-state index is 0.0650. The van der Waals surface area contributed by atoms with Crippen LogP contribution < -0.4 is 10.7 Å². The monoisotopic (exact) mass is 324 g/mol. The molecule has 2 amide bonds. The van der Waals surface area contributed by atoms with Crippen LogP contribution in [0.25, 0.3) is 0 Å². The number of hydrazone groups is 1. The molecule has 0 spiro atoms. The maximum Gasteiger partial charge on any atom is 0.279 e. The van der Waals surface area contributed by atoms with Crippen molar-refractivity contribution in [1.29, 1.82) is 0 Å². The zero-order chi connectivity index (χ0) is 17.4. The summed E-state index contributed by atoms with van der Waals surface area (Å²) in [7, 11) is 0. The first kappa shape index (κ1) is 16.9. The molecule has 2 aromatic carbocycles. The fraction of sp³-hybridized carbons (Fsp3) is 0.0588. The molecule has 0 heterocycles. The van der Waals surface area contributed by atoms with Crippen molar-refractivity contribution in [3.05, 3.63) is 66.2 Å². The average Bonchev–Trinajstić information content (AvgIpc) is 2.62. The van der Waals surface area contributed by atoms with Crippen molar-refractivity contribution in [3.63, 3.8) is 0 Å². The van der Waals surface area contributed by atoms with Crippen molar-refractivity contribution in [2.24, 2.45) is 10.3 Å². The first-order valence-corrected chi connectivity index (χ1v) is 7.10. The smallest absolute Gasteiger partial charge is 0.279 e. The van der Waals surface area contributed by atoms with E-state index in [2.05, 4.69) is 21.0 Å². The van der Waals surface area contributed by atoms with Crippen molar-refractivity contribution in [3.8, 4) is 0 Å². The molecule has 0 bridgehead atoms. The molecule has 0 saturated heterocycles. The van der Waals surface area contributed by atoms with Crippen LogP contribution in [0.3, 0.4) is 0 Å². The second-order valence-electron chi connectivity index (χ2n) is 4.77. The van der Waals surface area contributed by atoms with Crippen LogP contribution in [0.4, 0.5) is 5.69 Å². The number of nitrogens with one attached hydrogen (secondary N) is 2. The molecule has 7 heteroatoms. The Balaban J connectivity index is 2.04. The Morgan fingerprint density at radius 3 is 2.12 bits per heavy atom. The molecule has 0 aliphatic carbocycles. The molecule has 0 saturated carbocycles. The Bertz CT molecular complexity index is 771. The second kappa shape index (κ2) is 8.23. The number of benzene rings is 2. The molecule has 0 aliphatic rings. The molecular weight excluding hydrogens is 308 g/mol. The number of nitrogens with zero attached hydrogens (tertiary/aromatic N) is 2. The summed E-state index contributed by atoms with van der Waals surface area (Å²) in [6, 6.07) is 17.2. The highest BCUT2D eigenvalue weighted by Gasteiger charge is 2.16. The largest absolute Gasteiger partial charge is 0.410 e. The van der Waals surface area contributed by atoms with Gasteiger partial charge in [0.05, 0.1) is 5.71 Å². The lowest BCUT2D eigenvalue weighted by Gasteiger charge is -2.06. The lowest BCUT2D eigenvalue weighted by atomic mass is 10.2. The van der Waals surface area contributed by atoms with E-state index in [9.17, 15) is 9.59 Å². The van der Waals surface area contributed by atoms with E-state index in [1.807, 2.05) is 6.07 Å². The fourth-order valence-electron chi connectivity index (χ4n) is 1.84. The molecule has 122 valence electrons. The third-order valence-electron chi connectivity index (χ3n) is 3.05. The van der Waals surface area contributed by atoms with Crippen LogP contribution in [0.1, 0.15) is 17.3 Å². The van der Waals surface area contributed by atoms with Gasteiger partial charge in [-0.2, -0.15) is 5.10 Å². The van der Waals surface area contributed by atoms with Crippen LogP contribution in [0.5, 0.6) is 0 Å². The molecule has 0 radical (unpaired) electrons. The molecule has 24 heavy (non-hydrogen) atoms. The summed E-state index contributed by atoms with van der Waals surface area (Å²) in [4.78, 5) is 24.0. The fourth-order valence-corrected chi connectivity index (χ4v) is 1.84. The van der Waals surface area contributed by atoms with Gasteiger partial charge in [-0.25, -0.2) is 5.43 Å². The minimum atomic E-state index is -0.640. The SMILES string of the molecule is CC(=N/NC(=O)c1ccccc1)/C(=N\O)C(=O)Nc1ccccc1. The molecule has 7 nitrogen and oxygen atoms in total. The number of oxime groups is 1. The van der Waals surface area contributed by atoms with Gasteiger partial charge in [0.15, 0.2) is 5.71 Å². The second-order valence-corrected chi connectivity index (χ2v) is 4.77. The molecule has 2 rings (SSSR count). The van der Waals surface area contributed by atoms with Gasteiger partial charge in [-0.3, -0.25) is 9.59 Å². The quantitative estimate of drug-likeness (QED) is 0.446. The van der Waals surface area contributed by atoms with Gasteiger partial charge in [0.2, 0.25) is 0 Å². The van der Waals surface area contributed by atoms with Crippen molar-refractivity contribution in [1.82, 2.24) is 5.43 Å². The first-order valence-electron chi connectivity index (χ1n) is 7.10. The number of carbonyl (C=O) groups is 2. The number of carbonyl (C=O) groups excluding carboxylic acids is 2. The van der Waals surface area contributed by atoms with E-state index in [0.717, 1.165) is 0 Å². The molecule has 3 N–H and O–H groups in total. The van der Waals surface area contributed by atoms with Gasteiger partial charge in [-0.1, -0.05) is 41.6 Å². The van der Waals surface area contributed by atoms with E-state index < -0.39 is 11.8 Å². The molecular formula is C17H16N4O3. The summed E-state index contributed by atoms with van der Waals surface area (Å²) in [6.45, 7) is 1.45. The van der Waals surface area contributed by atoms with Gasteiger partial charge in [-0.05, 0) is 31.2 Å². The Hall–Kier alpha value is -3.48. The molecule has 0 atom stereocenters. The number of rotatable bonds is 5. The average molecular weight is 324 g/mol. The summed E-state index contributed by atoms with van der Waals surface area (Å²) < 4.78 is 0.